The summed E-state index contributed by atoms with van der Waals surface area (Å²) < 4.78 is 67.9. The van der Waals surface area contributed by atoms with Crippen LogP contribution in [0.15, 0.2) is 52.3 Å². The molecule has 2 aromatic carbocycles. The van der Waals surface area contributed by atoms with Crippen LogP contribution in [0.25, 0.3) is 0 Å². The fourth-order valence-corrected chi connectivity index (χ4v) is 5.66. The number of hydrogen-bond acceptors (Lipinski definition) is 5. The number of sulfonamides is 2. The summed E-state index contributed by atoms with van der Waals surface area (Å²) in [5, 5.41) is 0. The number of likely N-dealkylation sites (N-methyl/N-ethyl adjacent to an activating group) is 1. The van der Waals surface area contributed by atoms with Gasteiger partial charge in [0.1, 0.15) is 5.82 Å². The SMILES string of the molecule is Cc1ccc(NS(=O)(=O)c2ccc(F)cc2)cc1S(=O)(=O)N1CCN(C)CC1. The van der Waals surface area contributed by atoms with Gasteiger partial charge in [0.15, 0.2) is 0 Å². The first-order valence-electron chi connectivity index (χ1n) is 8.67. The minimum Gasteiger partial charge on any atom is -0.304 e. The molecule has 10 heteroatoms. The van der Waals surface area contributed by atoms with Crippen LogP contribution in [0.2, 0.25) is 0 Å². The summed E-state index contributed by atoms with van der Waals surface area (Å²) in [7, 11) is -5.78. The third kappa shape index (κ3) is 4.35. The van der Waals surface area contributed by atoms with E-state index in [0.29, 0.717) is 31.7 Å². The third-order valence-electron chi connectivity index (χ3n) is 4.64. The van der Waals surface area contributed by atoms with Gasteiger partial charge in [-0.25, -0.2) is 21.2 Å². The van der Waals surface area contributed by atoms with Gasteiger partial charge in [-0.05, 0) is 55.9 Å². The summed E-state index contributed by atoms with van der Waals surface area (Å²) in [6.07, 6.45) is 0. The van der Waals surface area contributed by atoms with Gasteiger partial charge in [-0.2, -0.15) is 4.31 Å². The number of hydrogen-bond donors (Lipinski definition) is 1. The molecular formula is C18H22FN3O4S2. The Labute approximate surface area is 164 Å². The van der Waals surface area contributed by atoms with Gasteiger partial charge >= 0.3 is 0 Å². The van der Waals surface area contributed by atoms with E-state index in [9.17, 15) is 21.2 Å². The molecule has 1 aliphatic rings. The van der Waals surface area contributed by atoms with Crippen molar-refractivity contribution in [1.29, 1.82) is 0 Å². The topological polar surface area (TPSA) is 86.8 Å². The van der Waals surface area contributed by atoms with Gasteiger partial charge in [-0.1, -0.05) is 6.07 Å². The number of nitrogens with zero attached hydrogens (tertiary/aromatic N) is 2. The molecule has 0 atom stereocenters. The molecule has 152 valence electrons. The molecule has 1 heterocycles. The van der Waals surface area contributed by atoms with Crippen molar-refractivity contribution in [1.82, 2.24) is 9.21 Å². The molecule has 1 N–H and O–H groups in total. The molecule has 3 rings (SSSR count). The first kappa shape index (κ1) is 20.7. The monoisotopic (exact) mass is 427 g/mol. The first-order valence-corrected chi connectivity index (χ1v) is 11.6. The number of piperazine rings is 1. The van der Waals surface area contributed by atoms with Crippen LogP contribution in [0.1, 0.15) is 5.56 Å². The summed E-state index contributed by atoms with van der Waals surface area (Å²) >= 11 is 0. The average molecular weight is 428 g/mol. The Bertz CT molecular complexity index is 1060. The number of anilines is 1. The van der Waals surface area contributed by atoms with E-state index in [2.05, 4.69) is 4.72 Å². The third-order valence-corrected chi connectivity index (χ3v) is 8.08. The second-order valence-corrected chi connectivity index (χ2v) is 10.3. The zero-order valence-corrected chi connectivity index (χ0v) is 17.2. The zero-order valence-electron chi connectivity index (χ0n) is 15.6. The van der Waals surface area contributed by atoms with Gasteiger partial charge in [-0.3, -0.25) is 4.72 Å². The van der Waals surface area contributed by atoms with E-state index in [1.54, 1.807) is 13.0 Å². The van der Waals surface area contributed by atoms with Gasteiger partial charge in [0, 0.05) is 26.2 Å². The molecule has 0 radical (unpaired) electrons. The second kappa shape index (κ2) is 7.78. The van der Waals surface area contributed by atoms with Crippen LogP contribution in [-0.2, 0) is 20.0 Å². The van der Waals surface area contributed by atoms with Crippen LogP contribution in [0.5, 0.6) is 0 Å². The van der Waals surface area contributed by atoms with Crippen molar-refractivity contribution >= 4 is 25.7 Å². The van der Waals surface area contributed by atoms with Crippen molar-refractivity contribution < 1.29 is 21.2 Å². The van der Waals surface area contributed by atoms with E-state index in [0.717, 1.165) is 24.3 Å². The van der Waals surface area contributed by atoms with E-state index >= 15 is 0 Å². The van der Waals surface area contributed by atoms with Crippen LogP contribution < -0.4 is 4.72 Å². The summed E-state index contributed by atoms with van der Waals surface area (Å²) in [5.41, 5.74) is 0.659. The van der Waals surface area contributed by atoms with E-state index in [4.69, 9.17) is 0 Å². The number of aryl methyl sites for hydroxylation is 1. The van der Waals surface area contributed by atoms with Gasteiger partial charge in [0.05, 0.1) is 15.5 Å². The molecule has 0 amide bonds. The maximum atomic E-state index is 13.0. The highest BCUT2D eigenvalue weighted by atomic mass is 32.2. The summed E-state index contributed by atoms with van der Waals surface area (Å²) in [5.74, 6) is -0.546. The Morgan fingerprint density at radius 3 is 2.14 bits per heavy atom. The predicted octanol–water partition coefficient (Wildman–Crippen LogP) is 1.87. The first-order chi connectivity index (χ1) is 13.1. The summed E-state index contributed by atoms with van der Waals surface area (Å²) in [6, 6.07) is 8.77. The Morgan fingerprint density at radius 2 is 1.54 bits per heavy atom. The van der Waals surface area contributed by atoms with E-state index < -0.39 is 25.9 Å². The van der Waals surface area contributed by atoms with Crippen LogP contribution in [0.3, 0.4) is 0 Å². The van der Waals surface area contributed by atoms with E-state index in [1.807, 2.05) is 11.9 Å². The molecule has 7 nitrogen and oxygen atoms in total. The zero-order chi connectivity index (χ0) is 20.5. The van der Waals surface area contributed by atoms with Crippen LogP contribution >= 0.6 is 0 Å². The lowest BCUT2D eigenvalue weighted by Gasteiger charge is -2.32. The van der Waals surface area contributed by atoms with E-state index in [-0.39, 0.29) is 15.5 Å². The Hall–Kier alpha value is -2.01. The molecule has 0 bridgehead atoms. The molecule has 2 aromatic rings. The maximum Gasteiger partial charge on any atom is 0.261 e. The summed E-state index contributed by atoms with van der Waals surface area (Å²) in [4.78, 5) is 2.00. The van der Waals surface area contributed by atoms with Crippen molar-refractivity contribution in [2.75, 3.05) is 37.9 Å². The van der Waals surface area contributed by atoms with Gasteiger partial charge < -0.3 is 4.90 Å². The number of benzene rings is 2. The fraction of sp³-hybridized carbons (Fsp3) is 0.333. The molecule has 0 aliphatic carbocycles. The Balaban J connectivity index is 1.90. The van der Waals surface area contributed by atoms with Crippen molar-refractivity contribution in [2.45, 2.75) is 16.7 Å². The highest BCUT2D eigenvalue weighted by Crippen LogP contribution is 2.26. The average Bonchev–Trinajstić information content (AvgIpc) is 2.64. The predicted molar refractivity (Wildman–Crippen MR) is 105 cm³/mol. The minimum atomic E-state index is -3.97. The van der Waals surface area contributed by atoms with Crippen molar-refractivity contribution in [2.24, 2.45) is 0 Å². The highest BCUT2D eigenvalue weighted by molar-refractivity contribution is 7.92. The molecular weight excluding hydrogens is 405 g/mol. The molecule has 0 spiro atoms. The van der Waals surface area contributed by atoms with Gasteiger partial charge in [-0.15, -0.1) is 0 Å². The maximum absolute atomic E-state index is 13.0. The molecule has 1 saturated heterocycles. The molecule has 1 fully saturated rings. The van der Waals surface area contributed by atoms with Crippen LogP contribution in [0.4, 0.5) is 10.1 Å². The largest absolute Gasteiger partial charge is 0.304 e. The lowest BCUT2D eigenvalue weighted by molar-refractivity contribution is 0.222. The lowest BCUT2D eigenvalue weighted by atomic mass is 10.2. The quantitative estimate of drug-likeness (QED) is 0.787. The Kier molecular flexibility index (Phi) is 5.76. The standard InChI is InChI=1S/C18H22FN3O4S2/c1-14-3-6-16(20-27(23,24)17-7-4-15(19)5-8-17)13-18(14)28(25,26)22-11-9-21(2)10-12-22/h3-8,13,20H,9-12H2,1-2H3. The lowest BCUT2D eigenvalue weighted by Crippen LogP contribution is -2.47. The molecule has 0 unspecified atom stereocenters. The van der Waals surface area contributed by atoms with Crippen molar-refractivity contribution in [3.8, 4) is 0 Å². The Morgan fingerprint density at radius 1 is 0.929 bits per heavy atom. The van der Waals surface area contributed by atoms with Crippen molar-refractivity contribution in [3.05, 3.63) is 53.8 Å². The van der Waals surface area contributed by atoms with Crippen LogP contribution in [0, 0.1) is 12.7 Å². The highest BCUT2D eigenvalue weighted by Gasteiger charge is 2.29. The van der Waals surface area contributed by atoms with E-state index in [1.165, 1.54) is 16.4 Å². The minimum absolute atomic E-state index is 0.0661. The normalized spacial score (nSPS) is 16.8. The molecule has 0 saturated carbocycles. The summed E-state index contributed by atoms with van der Waals surface area (Å²) in [6.45, 7) is 3.69. The van der Waals surface area contributed by atoms with Gasteiger partial charge in [0.25, 0.3) is 10.0 Å². The molecule has 28 heavy (non-hydrogen) atoms. The van der Waals surface area contributed by atoms with Gasteiger partial charge in [0.2, 0.25) is 10.0 Å². The smallest absolute Gasteiger partial charge is 0.261 e. The second-order valence-electron chi connectivity index (χ2n) is 6.75. The molecule has 0 aromatic heterocycles. The molecule has 1 aliphatic heterocycles. The number of halogens is 1. The number of rotatable bonds is 5. The fourth-order valence-electron chi connectivity index (χ4n) is 2.94. The number of nitrogens with one attached hydrogen (secondary N) is 1. The van der Waals surface area contributed by atoms with Crippen molar-refractivity contribution in [3.63, 3.8) is 0 Å². The van der Waals surface area contributed by atoms with Crippen LogP contribution in [-0.4, -0.2) is 59.3 Å².